The highest BCUT2D eigenvalue weighted by molar-refractivity contribution is 5.52. The molecule has 1 aromatic rings. The fourth-order valence-corrected chi connectivity index (χ4v) is 2.15. The highest BCUT2D eigenvalue weighted by Gasteiger charge is 2.23. The van der Waals surface area contributed by atoms with E-state index in [0.717, 1.165) is 31.6 Å². The quantitative estimate of drug-likeness (QED) is 0.687. The monoisotopic (exact) mass is 223 g/mol. The minimum Gasteiger partial charge on any atom is -0.339 e. The molecular weight excluding hydrogens is 206 g/mol. The molecule has 1 saturated heterocycles. The fourth-order valence-electron chi connectivity index (χ4n) is 2.15. The molecule has 1 aliphatic heterocycles. The predicted octanol–water partition coefficient (Wildman–Crippen LogP) is 0.695. The molecule has 1 aromatic heterocycles. The van der Waals surface area contributed by atoms with Crippen LogP contribution >= 0.6 is 0 Å². The van der Waals surface area contributed by atoms with Crippen molar-refractivity contribution in [2.75, 3.05) is 19.6 Å². The van der Waals surface area contributed by atoms with Crippen molar-refractivity contribution in [3.05, 3.63) is 11.7 Å². The highest BCUT2D eigenvalue weighted by atomic mass is 16.5. The summed E-state index contributed by atoms with van der Waals surface area (Å²) in [5.74, 6) is 1.79. The molecule has 1 aliphatic rings. The third kappa shape index (κ3) is 2.66. The van der Waals surface area contributed by atoms with Crippen molar-refractivity contribution < 1.29 is 9.32 Å². The summed E-state index contributed by atoms with van der Waals surface area (Å²) in [4.78, 5) is 16.9. The molecule has 0 aliphatic carbocycles. The first kappa shape index (κ1) is 11.3. The lowest BCUT2D eigenvalue weighted by atomic mass is 10.1. The van der Waals surface area contributed by atoms with Crippen LogP contribution in [0.1, 0.15) is 25.1 Å². The molecular formula is C11H17N3O2. The Balaban J connectivity index is 1.86. The van der Waals surface area contributed by atoms with Crippen molar-refractivity contribution in [1.82, 2.24) is 15.0 Å². The maximum atomic E-state index is 10.3. The lowest BCUT2D eigenvalue weighted by Gasteiger charge is -2.11. The van der Waals surface area contributed by atoms with Gasteiger partial charge in [-0.25, -0.2) is 0 Å². The SMILES string of the molecule is CCN1CCC(Cc2noc(CC=O)n2)C1. The Bertz CT molecular complexity index is 351. The summed E-state index contributed by atoms with van der Waals surface area (Å²) < 4.78 is 4.96. The molecule has 0 spiro atoms. The molecule has 0 aromatic carbocycles. The number of hydrogen-bond acceptors (Lipinski definition) is 5. The number of aromatic nitrogens is 2. The van der Waals surface area contributed by atoms with Crippen LogP contribution < -0.4 is 0 Å². The highest BCUT2D eigenvalue weighted by Crippen LogP contribution is 2.19. The minimum absolute atomic E-state index is 0.221. The van der Waals surface area contributed by atoms with Crippen molar-refractivity contribution in [2.24, 2.45) is 5.92 Å². The second-order valence-corrected chi connectivity index (χ2v) is 4.23. The largest absolute Gasteiger partial charge is 0.339 e. The zero-order chi connectivity index (χ0) is 11.4. The zero-order valence-corrected chi connectivity index (χ0v) is 9.56. The molecule has 0 radical (unpaired) electrons. The van der Waals surface area contributed by atoms with Gasteiger partial charge in [-0.05, 0) is 25.4 Å². The van der Waals surface area contributed by atoms with Gasteiger partial charge in [-0.3, -0.25) is 0 Å². The van der Waals surface area contributed by atoms with Crippen molar-refractivity contribution in [3.8, 4) is 0 Å². The Labute approximate surface area is 94.8 Å². The van der Waals surface area contributed by atoms with E-state index in [1.54, 1.807) is 0 Å². The maximum Gasteiger partial charge on any atom is 0.233 e. The van der Waals surface area contributed by atoms with E-state index in [2.05, 4.69) is 22.0 Å². The van der Waals surface area contributed by atoms with E-state index in [1.165, 1.54) is 13.0 Å². The second-order valence-electron chi connectivity index (χ2n) is 4.23. The molecule has 0 N–H and O–H groups in total. The third-order valence-electron chi connectivity index (χ3n) is 3.06. The van der Waals surface area contributed by atoms with Crippen LogP contribution in [0.5, 0.6) is 0 Å². The Morgan fingerprint density at radius 3 is 3.19 bits per heavy atom. The van der Waals surface area contributed by atoms with Gasteiger partial charge >= 0.3 is 0 Å². The lowest BCUT2D eigenvalue weighted by Crippen LogP contribution is -2.20. The van der Waals surface area contributed by atoms with Gasteiger partial charge in [-0.15, -0.1) is 0 Å². The van der Waals surface area contributed by atoms with E-state index in [0.29, 0.717) is 11.8 Å². The van der Waals surface area contributed by atoms with Crippen LogP contribution in [0.4, 0.5) is 0 Å². The number of rotatable bonds is 5. The molecule has 1 atom stereocenters. The van der Waals surface area contributed by atoms with Crippen LogP contribution in [0.15, 0.2) is 4.52 Å². The van der Waals surface area contributed by atoms with Crippen LogP contribution in [0, 0.1) is 5.92 Å². The average molecular weight is 223 g/mol. The summed E-state index contributed by atoms with van der Waals surface area (Å²) in [5.41, 5.74) is 0. The molecule has 1 fully saturated rings. The van der Waals surface area contributed by atoms with E-state index >= 15 is 0 Å². The van der Waals surface area contributed by atoms with Crippen LogP contribution in [0.2, 0.25) is 0 Å². The Kier molecular flexibility index (Phi) is 3.66. The molecule has 5 heteroatoms. The first-order chi connectivity index (χ1) is 7.81. The van der Waals surface area contributed by atoms with Gasteiger partial charge in [-0.1, -0.05) is 12.1 Å². The molecule has 16 heavy (non-hydrogen) atoms. The summed E-state index contributed by atoms with van der Waals surface area (Å²) in [6.07, 6.45) is 3.06. The molecule has 88 valence electrons. The first-order valence-electron chi connectivity index (χ1n) is 5.79. The van der Waals surface area contributed by atoms with Crippen molar-refractivity contribution in [3.63, 3.8) is 0 Å². The van der Waals surface area contributed by atoms with E-state index in [4.69, 9.17) is 4.52 Å². The standard InChI is InChI=1S/C11H17N3O2/c1-2-14-5-3-9(8-14)7-10-12-11(4-6-15)16-13-10/h6,9H,2-5,7-8H2,1H3. The first-order valence-corrected chi connectivity index (χ1v) is 5.79. The summed E-state index contributed by atoms with van der Waals surface area (Å²) in [5, 5.41) is 3.89. The maximum absolute atomic E-state index is 10.3. The number of carbonyl (C=O) groups excluding carboxylic acids is 1. The van der Waals surface area contributed by atoms with E-state index in [1.807, 2.05) is 0 Å². The van der Waals surface area contributed by atoms with E-state index in [-0.39, 0.29) is 6.42 Å². The molecule has 0 saturated carbocycles. The van der Waals surface area contributed by atoms with Crippen molar-refractivity contribution in [1.29, 1.82) is 0 Å². The van der Waals surface area contributed by atoms with Crippen LogP contribution in [0.25, 0.3) is 0 Å². The van der Waals surface area contributed by atoms with Gasteiger partial charge in [0.25, 0.3) is 0 Å². The van der Waals surface area contributed by atoms with Crippen LogP contribution in [0.3, 0.4) is 0 Å². The number of nitrogens with zero attached hydrogens (tertiary/aromatic N) is 3. The average Bonchev–Trinajstić information content (AvgIpc) is 2.89. The smallest absolute Gasteiger partial charge is 0.233 e. The number of hydrogen-bond donors (Lipinski definition) is 0. The topological polar surface area (TPSA) is 59.2 Å². The zero-order valence-electron chi connectivity index (χ0n) is 9.56. The molecule has 5 nitrogen and oxygen atoms in total. The molecule has 0 amide bonds. The molecule has 1 unspecified atom stereocenters. The number of likely N-dealkylation sites (tertiary alicyclic amines) is 1. The summed E-state index contributed by atoms with van der Waals surface area (Å²) in [6.45, 7) is 5.58. The molecule has 0 bridgehead atoms. The van der Waals surface area contributed by atoms with Gasteiger partial charge in [0, 0.05) is 13.0 Å². The van der Waals surface area contributed by atoms with Gasteiger partial charge in [0.05, 0.1) is 6.42 Å². The van der Waals surface area contributed by atoms with Gasteiger partial charge in [0.2, 0.25) is 5.89 Å². The predicted molar refractivity (Wildman–Crippen MR) is 58.0 cm³/mol. The lowest BCUT2D eigenvalue weighted by molar-refractivity contribution is -0.107. The van der Waals surface area contributed by atoms with Gasteiger partial charge < -0.3 is 14.2 Å². The van der Waals surface area contributed by atoms with E-state index < -0.39 is 0 Å². The third-order valence-corrected chi connectivity index (χ3v) is 3.06. The molecule has 2 rings (SSSR count). The van der Waals surface area contributed by atoms with Crippen molar-refractivity contribution >= 4 is 6.29 Å². The Hall–Kier alpha value is -1.23. The minimum atomic E-state index is 0.221. The molecule has 2 heterocycles. The Morgan fingerprint density at radius 1 is 1.62 bits per heavy atom. The number of carbonyl (C=O) groups is 1. The normalized spacial score (nSPS) is 21.4. The van der Waals surface area contributed by atoms with Gasteiger partial charge in [-0.2, -0.15) is 4.98 Å². The summed E-state index contributed by atoms with van der Waals surface area (Å²) >= 11 is 0. The number of aldehydes is 1. The van der Waals surface area contributed by atoms with E-state index in [9.17, 15) is 4.79 Å². The van der Waals surface area contributed by atoms with Crippen LogP contribution in [-0.2, 0) is 17.6 Å². The summed E-state index contributed by atoms with van der Waals surface area (Å²) in [7, 11) is 0. The van der Waals surface area contributed by atoms with Crippen molar-refractivity contribution in [2.45, 2.75) is 26.2 Å². The summed E-state index contributed by atoms with van der Waals surface area (Å²) in [6, 6.07) is 0. The van der Waals surface area contributed by atoms with Gasteiger partial charge in [0.15, 0.2) is 5.82 Å². The fraction of sp³-hybridized carbons (Fsp3) is 0.727. The van der Waals surface area contributed by atoms with Gasteiger partial charge in [0.1, 0.15) is 6.29 Å². The Morgan fingerprint density at radius 2 is 2.50 bits per heavy atom. The second kappa shape index (κ2) is 5.21. The van der Waals surface area contributed by atoms with Crippen LogP contribution in [-0.4, -0.2) is 41.0 Å².